The van der Waals surface area contributed by atoms with E-state index in [4.69, 9.17) is 33.4 Å². The molecule has 0 unspecified atom stereocenters. The smallest absolute Gasteiger partial charge is 0.291 e. The van der Waals surface area contributed by atoms with Gasteiger partial charge >= 0.3 is 0 Å². The minimum absolute atomic E-state index is 0.196. The number of hydrogen-bond acceptors (Lipinski definition) is 3. The van der Waals surface area contributed by atoms with Crippen LogP contribution in [0.5, 0.6) is 0 Å². The van der Waals surface area contributed by atoms with Crippen LogP contribution in [0.3, 0.4) is 0 Å². The van der Waals surface area contributed by atoms with Gasteiger partial charge in [0.1, 0.15) is 5.76 Å². The van der Waals surface area contributed by atoms with Crippen LogP contribution in [0.4, 0.5) is 5.69 Å². The Bertz CT molecular complexity index is 581. The van der Waals surface area contributed by atoms with Gasteiger partial charge in [-0.1, -0.05) is 23.2 Å². The van der Waals surface area contributed by atoms with E-state index in [-0.39, 0.29) is 18.2 Å². The predicted octanol–water partition coefficient (Wildman–Crippen LogP) is 3.30. The summed E-state index contributed by atoms with van der Waals surface area (Å²) in [5.41, 5.74) is 5.94. The molecule has 0 saturated heterocycles. The third-order valence-electron chi connectivity index (χ3n) is 2.26. The van der Waals surface area contributed by atoms with Crippen LogP contribution in [0.1, 0.15) is 16.3 Å². The van der Waals surface area contributed by atoms with Gasteiger partial charge in [0, 0.05) is 5.69 Å². The molecule has 2 aromatic rings. The van der Waals surface area contributed by atoms with E-state index < -0.39 is 0 Å². The van der Waals surface area contributed by atoms with Crippen LogP contribution in [-0.2, 0) is 6.54 Å². The Kier molecular flexibility index (Phi) is 3.91. The van der Waals surface area contributed by atoms with Crippen LogP contribution in [-0.4, -0.2) is 5.91 Å². The number of rotatable bonds is 3. The average Bonchev–Trinajstić information content (AvgIpc) is 2.82. The topological polar surface area (TPSA) is 68.3 Å². The molecule has 18 heavy (non-hydrogen) atoms. The Morgan fingerprint density at radius 1 is 1.22 bits per heavy atom. The maximum Gasteiger partial charge on any atom is 0.291 e. The van der Waals surface area contributed by atoms with Crippen molar-refractivity contribution in [1.29, 1.82) is 0 Å². The molecule has 4 nitrogen and oxygen atoms in total. The Morgan fingerprint density at radius 3 is 2.61 bits per heavy atom. The molecule has 3 N–H and O–H groups in total. The summed E-state index contributed by atoms with van der Waals surface area (Å²) >= 11 is 11.6. The molecule has 6 heteroatoms. The van der Waals surface area contributed by atoms with Crippen LogP contribution in [0.15, 0.2) is 34.7 Å². The van der Waals surface area contributed by atoms with E-state index >= 15 is 0 Å². The molecule has 1 aromatic carbocycles. The first kappa shape index (κ1) is 13.0. The summed E-state index contributed by atoms with van der Waals surface area (Å²) < 4.78 is 5.22. The van der Waals surface area contributed by atoms with E-state index in [1.165, 1.54) is 0 Å². The van der Waals surface area contributed by atoms with Crippen LogP contribution in [0.2, 0.25) is 10.0 Å². The molecular formula is C12H10Cl2N2O2. The molecule has 0 bridgehead atoms. The number of amides is 1. The number of halogens is 2. The average molecular weight is 285 g/mol. The van der Waals surface area contributed by atoms with Gasteiger partial charge in [0.2, 0.25) is 0 Å². The van der Waals surface area contributed by atoms with Crippen molar-refractivity contribution >= 4 is 34.8 Å². The van der Waals surface area contributed by atoms with Crippen molar-refractivity contribution in [2.45, 2.75) is 6.54 Å². The highest BCUT2D eigenvalue weighted by Gasteiger charge is 2.11. The second kappa shape index (κ2) is 5.44. The molecule has 0 spiro atoms. The standard InChI is InChI=1S/C12H10Cl2N2O2/c13-9-3-1-7(5-10(9)14)16-12(17)11-4-2-8(6-15)18-11/h1-5H,6,15H2,(H,16,17). The summed E-state index contributed by atoms with van der Waals surface area (Å²) in [6.45, 7) is 0.250. The minimum Gasteiger partial charge on any atom is -0.455 e. The molecule has 1 aromatic heterocycles. The summed E-state index contributed by atoms with van der Waals surface area (Å²) in [7, 11) is 0. The molecule has 94 valence electrons. The number of nitrogens with one attached hydrogen (secondary N) is 1. The summed E-state index contributed by atoms with van der Waals surface area (Å²) in [6, 6.07) is 8.04. The van der Waals surface area contributed by atoms with E-state index in [0.717, 1.165) is 0 Å². The third kappa shape index (κ3) is 2.85. The van der Waals surface area contributed by atoms with Crippen LogP contribution in [0.25, 0.3) is 0 Å². The molecule has 0 aliphatic rings. The Balaban J connectivity index is 2.13. The lowest BCUT2D eigenvalue weighted by atomic mass is 10.3. The third-order valence-corrected chi connectivity index (χ3v) is 3.00. The zero-order chi connectivity index (χ0) is 13.1. The van der Waals surface area contributed by atoms with Crippen molar-refractivity contribution in [1.82, 2.24) is 0 Å². The van der Waals surface area contributed by atoms with Gasteiger partial charge < -0.3 is 15.5 Å². The SMILES string of the molecule is NCc1ccc(C(=O)Nc2ccc(Cl)c(Cl)c2)o1. The summed E-state index contributed by atoms with van der Waals surface area (Å²) in [4.78, 5) is 11.8. The number of nitrogens with two attached hydrogens (primary N) is 1. The number of carbonyl (C=O) groups is 1. The Labute approximate surface area is 114 Å². The van der Waals surface area contributed by atoms with Gasteiger partial charge in [0.25, 0.3) is 5.91 Å². The highest BCUT2D eigenvalue weighted by molar-refractivity contribution is 6.42. The zero-order valence-corrected chi connectivity index (χ0v) is 10.8. The molecule has 0 aliphatic carbocycles. The molecule has 1 heterocycles. The summed E-state index contributed by atoms with van der Waals surface area (Å²) in [5.74, 6) is 0.379. The molecule has 2 rings (SSSR count). The number of carbonyl (C=O) groups excluding carboxylic acids is 1. The fourth-order valence-corrected chi connectivity index (χ4v) is 1.67. The van der Waals surface area contributed by atoms with Crippen molar-refractivity contribution < 1.29 is 9.21 Å². The van der Waals surface area contributed by atoms with Crippen LogP contribution < -0.4 is 11.1 Å². The highest BCUT2D eigenvalue weighted by Crippen LogP contribution is 2.25. The predicted molar refractivity (Wildman–Crippen MR) is 71.0 cm³/mol. The number of furan rings is 1. The van der Waals surface area contributed by atoms with Gasteiger partial charge in [-0.15, -0.1) is 0 Å². The number of anilines is 1. The molecule has 0 aliphatic heterocycles. The van der Waals surface area contributed by atoms with Crippen molar-refractivity contribution in [3.8, 4) is 0 Å². The second-order valence-electron chi connectivity index (χ2n) is 3.55. The lowest BCUT2D eigenvalue weighted by Gasteiger charge is -2.04. The molecule has 1 amide bonds. The first-order valence-electron chi connectivity index (χ1n) is 5.15. The zero-order valence-electron chi connectivity index (χ0n) is 9.24. The maximum atomic E-state index is 11.8. The van der Waals surface area contributed by atoms with Gasteiger partial charge in [0.05, 0.1) is 16.6 Å². The highest BCUT2D eigenvalue weighted by atomic mass is 35.5. The van der Waals surface area contributed by atoms with Crippen LogP contribution in [0, 0.1) is 0 Å². The van der Waals surface area contributed by atoms with Crippen molar-refractivity contribution in [2.75, 3.05) is 5.32 Å². The fourth-order valence-electron chi connectivity index (χ4n) is 1.38. The van der Waals surface area contributed by atoms with Gasteiger partial charge in [0.15, 0.2) is 5.76 Å². The first-order chi connectivity index (χ1) is 8.60. The van der Waals surface area contributed by atoms with Gasteiger partial charge in [-0.3, -0.25) is 4.79 Å². The van der Waals surface area contributed by atoms with Gasteiger partial charge in [-0.05, 0) is 30.3 Å². The minimum atomic E-state index is -0.368. The fraction of sp³-hybridized carbons (Fsp3) is 0.0833. The monoisotopic (exact) mass is 284 g/mol. The van der Waals surface area contributed by atoms with Crippen molar-refractivity contribution in [2.24, 2.45) is 5.73 Å². The van der Waals surface area contributed by atoms with Gasteiger partial charge in [-0.25, -0.2) is 0 Å². The maximum absolute atomic E-state index is 11.8. The molecule has 0 saturated carbocycles. The lowest BCUT2D eigenvalue weighted by molar-refractivity contribution is 0.0995. The molecule has 0 radical (unpaired) electrons. The Hall–Kier alpha value is -1.49. The molecular weight excluding hydrogens is 275 g/mol. The van der Waals surface area contributed by atoms with Crippen molar-refractivity contribution in [3.63, 3.8) is 0 Å². The van der Waals surface area contributed by atoms with E-state index in [0.29, 0.717) is 21.5 Å². The van der Waals surface area contributed by atoms with Crippen molar-refractivity contribution in [3.05, 3.63) is 51.9 Å². The normalized spacial score (nSPS) is 10.4. The largest absolute Gasteiger partial charge is 0.455 e. The van der Waals surface area contributed by atoms with E-state index in [1.807, 2.05) is 0 Å². The summed E-state index contributed by atoms with van der Waals surface area (Å²) in [6.07, 6.45) is 0. The second-order valence-corrected chi connectivity index (χ2v) is 4.37. The van der Waals surface area contributed by atoms with Gasteiger partial charge in [-0.2, -0.15) is 0 Å². The van der Waals surface area contributed by atoms with Crippen LogP contribution >= 0.6 is 23.2 Å². The molecule has 0 fully saturated rings. The van der Waals surface area contributed by atoms with E-state index in [1.54, 1.807) is 30.3 Å². The lowest BCUT2D eigenvalue weighted by Crippen LogP contribution is -2.10. The number of hydrogen-bond donors (Lipinski definition) is 2. The molecule has 0 atom stereocenters. The summed E-state index contributed by atoms with van der Waals surface area (Å²) in [5, 5.41) is 3.45. The first-order valence-corrected chi connectivity index (χ1v) is 5.91. The number of benzene rings is 1. The van der Waals surface area contributed by atoms with E-state index in [2.05, 4.69) is 5.32 Å². The Morgan fingerprint density at radius 2 is 2.00 bits per heavy atom. The van der Waals surface area contributed by atoms with E-state index in [9.17, 15) is 4.79 Å². The quantitative estimate of drug-likeness (QED) is 0.909.